The van der Waals surface area contributed by atoms with Crippen molar-refractivity contribution in [2.24, 2.45) is 0 Å². The molecule has 0 aliphatic carbocycles. The van der Waals surface area contributed by atoms with E-state index >= 15 is 0 Å². The number of phenols is 2. The lowest BCUT2D eigenvalue weighted by Crippen LogP contribution is -1.85. The Balaban J connectivity index is -0.000000403. The van der Waals surface area contributed by atoms with Crippen LogP contribution in [-0.4, -0.2) is 15.7 Å². The minimum atomic E-state index is -0.279. The molecule has 0 fully saturated rings. The van der Waals surface area contributed by atoms with Crippen molar-refractivity contribution >= 4 is 52.0 Å². The standard InChI is InChI=1S/C7H7O3P.3ClH/c8-5-2-1-4(7(10)11)3-6(5)9;;;/h1-3,8-9H,11H2;3*1H. The van der Waals surface area contributed by atoms with Crippen LogP contribution in [0.15, 0.2) is 18.2 Å². The molecule has 3 nitrogen and oxygen atoms in total. The van der Waals surface area contributed by atoms with E-state index in [-0.39, 0.29) is 54.2 Å². The van der Waals surface area contributed by atoms with Crippen molar-refractivity contribution in [3.8, 4) is 11.5 Å². The smallest absolute Gasteiger partial charge is 0.178 e. The Morgan fingerprint density at radius 3 is 1.93 bits per heavy atom. The molecule has 82 valence electrons. The summed E-state index contributed by atoms with van der Waals surface area (Å²) in [7, 11) is 1.98. The minimum Gasteiger partial charge on any atom is -0.504 e. The van der Waals surface area contributed by atoms with Gasteiger partial charge in [-0.15, -0.1) is 37.2 Å². The summed E-state index contributed by atoms with van der Waals surface area (Å²) in [6.45, 7) is 0. The fourth-order valence-corrected chi connectivity index (χ4v) is 0.856. The first-order chi connectivity index (χ1) is 5.11. The summed E-state index contributed by atoms with van der Waals surface area (Å²) in [5, 5.41) is 17.8. The van der Waals surface area contributed by atoms with Gasteiger partial charge < -0.3 is 10.2 Å². The monoisotopic (exact) mass is 278 g/mol. The first-order valence-electron chi connectivity index (χ1n) is 2.93. The summed E-state index contributed by atoms with van der Waals surface area (Å²) in [6, 6.07) is 3.92. The molecule has 0 saturated heterocycles. The second-order valence-corrected chi connectivity index (χ2v) is 2.59. The van der Waals surface area contributed by atoms with E-state index < -0.39 is 0 Å². The number of aromatic hydroxyl groups is 2. The van der Waals surface area contributed by atoms with Gasteiger partial charge in [0.05, 0.1) is 0 Å². The summed E-state index contributed by atoms with van der Waals surface area (Å²) < 4.78 is 0. The van der Waals surface area contributed by atoms with Gasteiger partial charge in [-0.05, 0) is 18.2 Å². The highest BCUT2D eigenvalue weighted by atomic mass is 35.5. The van der Waals surface area contributed by atoms with Crippen LogP contribution >= 0.6 is 46.5 Å². The largest absolute Gasteiger partial charge is 0.504 e. The Morgan fingerprint density at radius 1 is 1.07 bits per heavy atom. The molecule has 0 heterocycles. The van der Waals surface area contributed by atoms with E-state index in [4.69, 9.17) is 10.2 Å². The Hall–Kier alpha value is -0.210. The molecule has 0 aliphatic rings. The van der Waals surface area contributed by atoms with E-state index in [0.717, 1.165) is 0 Å². The molecule has 0 bridgehead atoms. The van der Waals surface area contributed by atoms with Gasteiger partial charge in [-0.25, -0.2) is 0 Å². The van der Waals surface area contributed by atoms with Crippen LogP contribution in [0.3, 0.4) is 0 Å². The van der Waals surface area contributed by atoms with Crippen LogP contribution in [0.4, 0.5) is 0 Å². The molecule has 0 saturated carbocycles. The first kappa shape index (κ1) is 19.4. The second-order valence-electron chi connectivity index (χ2n) is 2.07. The third kappa shape index (κ3) is 4.87. The minimum absolute atomic E-state index is 0. The third-order valence-corrected chi connectivity index (χ3v) is 1.59. The molecule has 2 N–H and O–H groups in total. The average molecular weight is 279 g/mol. The van der Waals surface area contributed by atoms with Crippen molar-refractivity contribution in [2.75, 3.05) is 0 Å². The number of benzene rings is 1. The maximum atomic E-state index is 10.7. The van der Waals surface area contributed by atoms with Gasteiger partial charge in [-0.2, -0.15) is 0 Å². The summed E-state index contributed by atoms with van der Waals surface area (Å²) >= 11 is 0. The highest BCUT2D eigenvalue weighted by Gasteiger charge is 2.03. The SMILES string of the molecule is Cl.Cl.Cl.O=C(P)c1ccc(O)c(O)c1. The van der Waals surface area contributed by atoms with E-state index in [1.54, 1.807) is 0 Å². The van der Waals surface area contributed by atoms with Crippen LogP contribution in [0, 0.1) is 0 Å². The summed E-state index contributed by atoms with van der Waals surface area (Å²) in [6.07, 6.45) is 0. The second kappa shape index (κ2) is 8.13. The van der Waals surface area contributed by atoms with Crippen LogP contribution in [0.5, 0.6) is 11.5 Å². The van der Waals surface area contributed by atoms with Gasteiger partial charge in [-0.1, -0.05) is 9.24 Å². The fraction of sp³-hybridized carbons (Fsp3) is 0. The third-order valence-electron chi connectivity index (χ3n) is 1.26. The van der Waals surface area contributed by atoms with Gasteiger partial charge >= 0.3 is 0 Å². The molecular weight excluding hydrogens is 269 g/mol. The molecule has 1 aromatic carbocycles. The Kier molecular flexibility index (Phi) is 11.2. The zero-order valence-electron chi connectivity index (χ0n) is 6.84. The Morgan fingerprint density at radius 2 is 1.57 bits per heavy atom. The lowest BCUT2D eigenvalue weighted by molar-refractivity contribution is 0.108. The maximum absolute atomic E-state index is 10.7. The van der Waals surface area contributed by atoms with Crippen molar-refractivity contribution in [1.29, 1.82) is 0 Å². The van der Waals surface area contributed by atoms with Crippen LogP contribution in [0.1, 0.15) is 10.4 Å². The number of carbonyl (C=O) groups excluding carboxylic acids is 1. The van der Waals surface area contributed by atoms with Crippen molar-refractivity contribution in [3.05, 3.63) is 23.8 Å². The van der Waals surface area contributed by atoms with Gasteiger partial charge in [-0.3, -0.25) is 4.79 Å². The highest BCUT2D eigenvalue weighted by molar-refractivity contribution is 7.41. The Bertz CT molecular complexity index is 306. The van der Waals surface area contributed by atoms with Gasteiger partial charge in [0.2, 0.25) is 0 Å². The highest BCUT2D eigenvalue weighted by Crippen LogP contribution is 2.25. The molecule has 0 spiro atoms. The van der Waals surface area contributed by atoms with Gasteiger partial charge in [0.1, 0.15) is 0 Å². The predicted molar refractivity (Wildman–Crippen MR) is 65.6 cm³/mol. The van der Waals surface area contributed by atoms with Crippen molar-refractivity contribution < 1.29 is 15.0 Å². The Labute approximate surface area is 102 Å². The normalized spacial score (nSPS) is 7.50. The molecule has 14 heavy (non-hydrogen) atoms. The zero-order valence-corrected chi connectivity index (χ0v) is 10.4. The molecule has 1 aromatic rings. The number of phenolic OH excluding ortho intramolecular Hbond substituents is 2. The molecular formula is C7H10Cl3O3P. The molecule has 1 atom stereocenters. The number of rotatable bonds is 1. The summed E-state index contributed by atoms with van der Waals surface area (Å²) in [4.78, 5) is 10.7. The van der Waals surface area contributed by atoms with Crippen molar-refractivity contribution in [3.63, 3.8) is 0 Å². The molecule has 0 radical (unpaired) electrons. The van der Waals surface area contributed by atoms with E-state index in [0.29, 0.717) is 5.56 Å². The van der Waals surface area contributed by atoms with Crippen molar-refractivity contribution in [1.82, 2.24) is 0 Å². The van der Waals surface area contributed by atoms with E-state index in [9.17, 15) is 4.79 Å². The number of halogens is 3. The van der Waals surface area contributed by atoms with E-state index in [1.165, 1.54) is 18.2 Å². The van der Waals surface area contributed by atoms with Crippen LogP contribution in [0.25, 0.3) is 0 Å². The average Bonchev–Trinajstić information content (AvgIpc) is 1.94. The lowest BCUT2D eigenvalue weighted by Gasteiger charge is -1.98. The molecule has 0 amide bonds. The van der Waals surface area contributed by atoms with Crippen LogP contribution in [-0.2, 0) is 0 Å². The van der Waals surface area contributed by atoms with Crippen LogP contribution < -0.4 is 0 Å². The van der Waals surface area contributed by atoms with Crippen LogP contribution in [0.2, 0.25) is 0 Å². The lowest BCUT2D eigenvalue weighted by atomic mass is 10.2. The zero-order chi connectivity index (χ0) is 8.43. The number of hydrogen-bond acceptors (Lipinski definition) is 3. The van der Waals surface area contributed by atoms with Gasteiger partial charge in [0.25, 0.3) is 0 Å². The van der Waals surface area contributed by atoms with Gasteiger partial charge in [0, 0.05) is 5.56 Å². The molecule has 7 heteroatoms. The quantitative estimate of drug-likeness (QED) is 0.613. The predicted octanol–water partition coefficient (Wildman–Crippen LogP) is 2.38. The topological polar surface area (TPSA) is 57.5 Å². The van der Waals surface area contributed by atoms with Crippen molar-refractivity contribution in [2.45, 2.75) is 0 Å². The molecule has 0 aromatic heterocycles. The van der Waals surface area contributed by atoms with Gasteiger partial charge in [0.15, 0.2) is 17.0 Å². The summed E-state index contributed by atoms with van der Waals surface area (Å²) in [5.74, 6) is -0.502. The first-order valence-corrected chi connectivity index (χ1v) is 3.51. The van der Waals surface area contributed by atoms with E-state index in [1.807, 2.05) is 9.24 Å². The maximum Gasteiger partial charge on any atom is 0.178 e. The summed E-state index contributed by atoms with van der Waals surface area (Å²) in [5.41, 5.74) is 0.130. The number of carbonyl (C=O) groups is 1. The fourth-order valence-electron chi connectivity index (χ4n) is 0.677. The van der Waals surface area contributed by atoms with E-state index in [2.05, 4.69) is 0 Å². The molecule has 0 aliphatic heterocycles. The molecule has 1 rings (SSSR count). The molecule has 1 unspecified atom stereocenters. The number of hydrogen-bond donors (Lipinski definition) is 2.